The zero-order valence-electron chi connectivity index (χ0n) is 13.3. The molecule has 0 saturated carbocycles. The van der Waals surface area contributed by atoms with Gasteiger partial charge in [0.2, 0.25) is 5.91 Å². The van der Waals surface area contributed by atoms with Crippen LogP contribution in [0.4, 0.5) is 13.2 Å². The van der Waals surface area contributed by atoms with Gasteiger partial charge in [-0.2, -0.15) is 13.2 Å². The fraction of sp³-hybridized carbons (Fsp3) is 0.438. The van der Waals surface area contributed by atoms with E-state index < -0.39 is 55.4 Å². The Bertz CT molecular complexity index is 690. The van der Waals surface area contributed by atoms with Gasteiger partial charge in [-0.1, -0.05) is 18.2 Å². The molecule has 0 spiro atoms. The van der Waals surface area contributed by atoms with E-state index in [4.69, 9.17) is 5.11 Å². The van der Waals surface area contributed by atoms with Crippen molar-refractivity contribution in [2.24, 2.45) is 11.8 Å². The number of alkyl halides is 3. The topological polar surface area (TPSA) is 86.7 Å². The minimum absolute atomic E-state index is 0.355. The minimum Gasteiger partial charge on any atom is -0.481 e. The van der Waals surface area contributed by atoms with Crippen LogP contribution in [0.15, 0.2) is 24.3 Å². The Kier molecular flexibility index (Phi) is 5.34. The van der Waals surface area contributed by atoms with Crippen LogP contribution in [-0.2, 0) is 9.59 Å². The summed E-state index contributed by atoms with van der Waals surface area (Å²) >= 11 is 0. The molecule has 1 aliphatic rings. The van der Waals surface area contributed by atoms with Crippen molar-refractivity contribution in [2.75, 3.05) is 19.6 Å². The zero-order valence-corrected chi connectivity index (χ0v) is 13.3. The van der Waals surface area contributed by atoms with Crippen molar-refractivity contribution in [1.29, 1.82) is 0 Å². The summed E-state index contributed by atoms with van der Waals surface area (Å²) in [6.07, 6.45) is -4.71. The lowest BCUT2D eigenvalue weighted by Gasteiger charge is -2.18. The van der Waals surface area contributed by atoms with E-state index in [1.54, 1.807) is 31.2 Å². The first kappa shape index (κ1) is 18.8. The summed E-state index contributed by atoms with van der Waals surface area (Å²) in [5.41, 5.74) is 1.05. The molecule has 2 amide bonds. The standard InChI is InChI=1S/C16H17F3N2O4/c1-9-4-2-3-5-10(9)14(23)20-6-13(22)21-7-11(15(24)25)12(8-21)16(17,18)19/h2-5,11-12H,6-8H2,1H3,(H,20,23)(H,24,25)/t11-,12-/m1/s1. The van der Waals surface area contributed by atoms with E-state index in [-0.39, 0.29) is 0 Å². The van der Waals surface area contributed by atoms with Gasteiger partial charge in [0.05, 0.1) is 18.4 Å². The highest BCUT2D eigenvalue weighted by Crippen LogP contribution is 2.37. The number of benzene rings is 1. The number of aryl methyl sites for hydroxylation is 1. The highest BCUT2D eigenvalue weighted by atomic mass is 19.4. The predicted molar refractivity (Wildman–Crippen MR) is 80.8 cm³/mol. The second kappa shape index (κ2) is 7.12. The largest absolute Gasteiger partial charge is 0.481 e. The van der Waals surface area contributed by atoms with Crippen LogP contribution in [0.5, 0.6) is 0 Å². The number of rotatable bonds is 4. The molecule has 0 bridgehead atoms. The van der Waals surface area contributed by atoms with Crippen LogP contribution in [0.2, 0.25) is 0 Å². The first-order valence-electron chi connectivity index (χ1n) is 7.52. The molecule has 1 heterocycles. The third kappa shape index (κ3) is 4.28. The van der Waals surface area contributed by atoms with Gasteiger partial charge in [-0.3, -0.25) is 14.4 Å². The van der Waals surface area contributed by atoms with Crippen molar-refractivity contribution in [3.8, 4) is 0 Å². The van der Waals surface area contributed by atoms with Crippen molar-refractivity contribution < 1.29 is 32.7 Å². The predicted octanol–water partition coefficient (Wildman–Crippen LogP) is 1.45. The molecule has 0 unspecified atom stereocenters. The Hall–Kier alpha value is -2.58. The zero-order chi connectivity index (χ0) is 18.8. The number of carbonyl (C=O) groups excluding carboxylic acids is 2. The van der Waals surface area contributed by atoms with Crippen LogP contribution < -0.4 is 5.32 Å². The van der Waals surface area contributed by atoms with Crippen LogP contribution in [0.3, 0.4) is 0 Å². The van der Waals surface area contributed by atoms with E-state index in [1.165, 1.54) is 0 Å². The molecule has 9 heteroatoms. The van der Waals surface area contributed by atoms with Gasteiger partial charge in [0.25, 0.3) is 5.91 Å². The van der Waals surface area contributed by atoms with Gasteiger partial charge in [0.1, 0.15) is 0 Å². The Morgan fingerprint density at radius 2 is 1.88 bits per heavy atom. The number of carbonyl (C=O) groups is 3. The highest BCUT2D eigenvalue weighted by molar-refractivity contribution is 5.97. The van der Waals surface area contributed by atoms with E-state index in [0.29, 0.717) is 11.1 Å². The van der Waals surface area contributed by atoms with Crippen LogP contribution in [0, 0.1) is 18.8 Å². The summed E-state index contributed by atoms with van der Waals surface area (Å²) in [6, 6.07) is 6.66. The number of likely N-dealkylation sites (tertiary alicyclic amines) is 1. The maximum absolute atomic E-state index is 12.9. The third-order valence-corrected chi connectivity index (χ3v) is 4.20. The summed E-state index contributed by atoms with van der Waals surface area (Å²) < 4.78 is 38.8. The molecule has 1 aliphatic heterocycles. The van der Waals surface area contributed by atoms with Gasteiger partial charge in [0.15, 0.2) is 0 Å². The molecule has 25 heavy (non-hydrogen) atoms. The number of hydrogen-bond acceptors (Lipinski definition) is 3. The maximum atomic E-state index is 12.9. The number of carboxylic acid groups (broad SMARTS) is 1. The first-order valence-corrected chi connectivity index (χ1v) is 7.52. The monoisotopic (exact) mass is 358 g/mol. The van der Waals surface area contributed by atoms with Gasteiger partial charge >= 0.3 is 12.1 Å². The smallest absolute Gasteiger partial charge is 0.394 e. The molecule has 1 saturated heterocycles. The second-order valence-electron chi connectivity index (χ2n) is 5.89. The van der Waals surface area contributed by atoms with Crippen molar-refractivity contribution in [3.63, 3.8) is 0 Å². The number of hydrogen-bond donors (Lipinski definition) is 2. The van der Waals surface area contributed by atoms with E-state index >= 15 is 0 Å². The highest BCUT2D eigenvalue weighted by Gasteiger charge is 2.53. The van der Waals surface area contributed by atoms with Crippen LogP contribution in [-0.4, -0.2) is 53.6 Å². The summed E-state index contributed by atoms with van der Waals surface area (Å²) in [7, 11) is 0. The van der Waals surface area contributed by atoms with E-state index in [0.717, 1.165) is 4.90 Å². The number of carboxylic acids is 1. The van der Waals surface area contributed by atoms with Crippen molar-refractivity contribution in [3.05, 3.63) is 35.4 Å². The third-order valence-electron chi connectivity index (χ3n) is 4.20. The Labute approximate surface area is 141 Å². The van der Waals surface area contributed by atoms with Gasteiger partial charge in [-0.25, -0.2) is 0 Å². The molecule has 6 nitrogen and oxygen atoms in total. The second-order valence-corrected chi connectivity index (χ2v) is 5.89. The summed E-state index contributed by atoms with van der Waals surface area (Å²) in [4.78, 5) is 35.9. The van der Waals surface area contributed by atoms with Gasteiger partial charge < -0.3 is 15.3 Å². The fourth-order valence-electron chi connectivity index (χ4n) is 2.78. The SMILES string of the molecule is Cc1ccccc1C(=O)NCC(=O)N1C[C@@H](C(F)(F)F)[C@H](C(=O)O)C1. The number of amides is 2. The normalized spacial score (nSPS) is 20.4. The quantitative estimate of drug-likeness (QED) is 0.853. The molecular formula is C16H17F3N2O4. The summed E-state index contributed by atoms with van der Waals surface area (Å²) in [5, 5.41) is 11.3. The van der Waals surface area contributed by atoms with Crippen LogP contribution in [0.25, 0.3) is 0 Å². The van der Waals surface area contributed by atoms with Crippen LogP contribution in [0.1, 0.15) is 15.9 Å². The lowest BCUT2D eigenvalue weighted by Crippen LogP contribution is -2.40. The van der Waals surface area contributed by atoms with E-state index in [2.05, 4.69) is 5.32 Å². The fourth-order valence-corrected chi connectivity index (χ4v) is 2.78. The van der Waals surface area contributed by atoms with E-state index in [1.807, 2.05) is 0 Å². The van der Waals surface area contributed by atoms with Gasteiger partial charge in [0, 0.05) is 18.7 Å². The molecule has 2 N–H and O–H groups in total. The number of halogens is 3. The van der Waals surface area contributed by atoms with Crippen molar-refractivity contribution in [1.82, 2.24) is 10.2 Å². The maximum Gasteiger partial charge on any atom is 0.394 e. The van der Waals surface area contributed by atoms with E-state index in [9.17, 15) is 27.6 Å². The lowest BCUT2D eigenvalue weighted by molar-refractivity contribution is -0.188. The molecule has 0 aromatic heterocycles. The number of nitrogens with one attached hydrogen (secondary N) is 1. The molecule has 136 valence electrons. The molecule has 0 radical (unpaired) electrons. The Morgan fingerprint density at radius 3 is 2.40 bits per heavy atom. The number of aliphatic carboxylic acids is 1. The summed E-state index contributed by atoms with van der Waals surface area (Å²) in [5.74, 6) is -6.67. The summed E-state index contributed by atoms with van der Waals surface area (Å²) in [6.45, 7) is -0.0369. The Morgan fingerprint density at radius 1 is 1.24 bits per heavy atom. The minimum atomic E-state index is -4.71. The van der Waals surface area contributed by atoms with Gasteiger partial charge in [-0.15, -0.1) is 0 Å². The molecular weight excluding hydrogens is 341 g/mol. The van der Waals surface area contributed by atoms with Crippen LogP contribution >= 0.6 is 0 Å². The Balaban J connectivity index is 1.99. The van der Waals surface area contributed by atoms with Crippen molar-refractivity contribution in [2.45, 2.75) is 13.1 Å². The molecule has 1 aromatic carbocycles. The van der Waals surface area contributed by atoms with Gasteiger partial charge in [-0.05, 0) is 18.6 Å². The van der Waals surface area contributed by atoms with Crippen molar-refractivity contribution >= 4 is 17.8 Å². The lowest BCUT2D eigenvalue weighted by atomic mass is 9.96. The molecule has 1 fully saturated rings. The molecule has 0 aliphatic carbocycles. The first-order chi connectivity index (χ1) is 11.6. The number of nitrogens with zero attached hydrogens (tertiary/aromatic N) is 1. The average molecular weight is 358 g/mol. The molecule has 2 atom stereocenters. The molecule has 2 rings (SSSR count). The average Bonchev–Trinajstić information content (AvgIpc) is 2.98. The molecule has 1 aromatic rings.